The summed E-state index contributed by atoms with van der Waals surface area (Å²) >= 11 is 0. The number of hydrogen-bond donors (Lipinski definition) is 1. The molecule has 2 aliphatic heterocycles. The maximum atomic E-state index is 12.8. The first-order valence-corrected chi connectivity index (χ1v) is 10.9. The van der Waals surface area contributed by atoms with Gasteiger partial charge in [-0.2, -0.15) is 0 Å². The molecule has 6 heteroatoms. The predicted molar refractivity (Wildman–Crippen MR) is 118 cm³/mol. The summed E-state index contributed by atoms with van der Waals surface area (Å²) in [4.78, 5) is 23.3. The van der Waals surface area contributed by atoms with Crippen molar-refractivity contribution in [2.75, 3.05) is 46.9 Å². The average molecular weight is 409 g/mol. The molecule has 2 aromatic rings. The Kier molecular flexibility index (Phi) is 6.46. The van der Waals surface area contributed by atoms with Crippen LogP contribution in [0, 0.1) is 0 Å². The first-order chi connectivity index (χ1) is 14.6. The summed E-state index contributed by atoms with van der Waals surface area (Å²) in [5, 5.41) is 10.1. The summed E-state index contributed by atoms with van der Waals surface area (Å²) in [5.41, 5.74) is 3.48. The zero-order valence-corrected chi connectivity index (χ0v) is 17.9. The maximum Gasteiger partial charge on any atom is 0.236 e. The summed E-state index contributed by atoms with van der Waals surface area (Å²) in [5.74, 6) is 0.436. The number of fused-ring (bicyclic) bond motifs is 1. The van der Waals surface area contributed by atoms with Crippen molar-refractivity contribution in [3.8, 4) is 11.1 Å². The van der Waals surface area contributed by atoms with Gasteiger partial charge >= 0.3 is 0 Å². The Morgan fingerprint density at radius 1 is 1.13 bits per heavy atom. The fourth-order valence-electron chi connectivity index (χ4n) is 4.97. The highest BCUT2D eigenvalue weighted by Gasteiger charge is 2.49. The maximum absolute atomic E-state index is 12.8. The number of carbonyl (C=O) groups excluding carboxylic acids is 1. The second kappa shape index (κ2) is 9.25. The lowest BCUT2D eigenvalue weighted by Gasteiger charge is -2.57. The molecule has 0 saturated carbocycles. The molecule has 0 radical (unpaired) electrons. The Morgan fingerprint density at radius 3 is 2.57 bits per heavy atom. The zero-order valence-electron chi connectivity index (χ0n) is 17.9. The van der Waals surface area contributed by atoms with Crippen LogP contribution >= 0.6 is 0 Å². The standard InChI is InChI=1S/C24H32N4O2/c1-26(2)16-23(30)27-12-3-4-13-28-21(15-27)24(22(28)17-29)19-9-7-18(8-10-19)20-6-5-11-25-14-20/h5-11,14,21-22,24,29H,3-4,12-13,15-17H2,1-2H3/t21-,22-,24+/m0/s1. The molecule has 160 valence electrons. The normalized spacial score (nSPS) is 24.7. The molecular formula is C24H32N4O2. The number of aromatic nitrogens is 1. The van der Waals surface area contributed by atoms with E-state index >= 15 is 0 Å². The van der Waals surface area contributed by atoms with Crippen molar-refractivity contribution in [3.05, 3.63) is 54.4 Å². The zero-order chi connectivity index (χ0) is 21.1. The van der Waals surface area contributed by atoms with Crippen molar-refractivity contribution in [1.29, 1.82) is 0 Å². The van der Waals surface area contributed by atoms with Crippen LogP contribution in [0.2, 0.25) is 0 Å². The second-order valence-corrected chi connectivity index (χ2v) is 8.73. The van der Waals surface area contributed by atoms with Crippen LogP contribution in [0.3, 0.4) is 0 Å². The topological polar surface area (TPSA) is 59.9 Å². The van der Waals surface area contributed by atoms with Crippen molar-refractivity contribution < 1.29 is 9.90 Å². The molecule has 4 rings (SSSR count). The fourth-order valence-corrected chi connectivity index (χ4v) is 4.97. The number of aliphatic hydroxyl groups is 1. The van der Waals surface area contributed by atoms with Gasteiger partial charge in [-0.25, -0.2) is 0 Å². The number of amides is 1. The fraction of sp³-hybridized carbons (Fsp3) is 0.500. The molecule has 3 atom stereocenters. The highest BCUT2D eigenvalue weighted by Crippen LogP contribution is 2.42. The Balaban J connectivity index is 1.55. The molecule has 30 heavy (non-hydrogen) atoms. The SMILES string of the molecule is CN(C)CC(=O)N1CCCCN2[C@@H](CO)[C@H](c3ccc(-c4cccnc4)cc3)[C@@H]2C1. The van der Waals surface area contributed by atoms with Crippen LogP contribution in [-0.4, -0.2) is 89.7 Å². The van der Waals surface area contributed by atoms with Gasteiger partial charge in [-0.05, 0) is 56.2 Å². The lowest BCUT2D eigenvalue weighted by Crippen LogP contribution is -2.68. The average Bonchev–Trinajstić information content (AvgIpc) is 2.73. The Bertz CT molecular complexity index is 840. The smallest absolute Gasteiger partial charge is 0.236 e. The van der Waals surface area contributed by atoms with Gasteiger partial charge in [0, 0.05) is 43.5 Å². The second-order valence-electron chi connectivity index (χ2n) is 8.73. The molecule has 2 aliphatic rings. The van der Waals surface area contributed by atoms with E-state index in [-0.39, 0.29) is 30.5 Å². The third kappa shape index (κ3) is 4.26. The summed E-state index contributed by atoms with van der Waals surface area (Å²) < 4.78 is 0. The van der Waals surface area contributed by atoms with Gasteiger partial charge in [0.15, 0.2) is 0 Å². The minimum atomic E-state index is 0.128. The van der Waals surface area contributed by atoms with Gasteiger partial charge in [-0.1, -0.05) is 30.3 Å². The molecule has 1 aromatic heterocycles. The minimum Gasteiger partial charge on any atom is -0.395 e. The molecule has 0 aliphatic carbocycles. The van der Waals surface area contributed by atoms with Crippen molar-refractivity contribution >= 4 is 5.91 Å². The number of nitrogens with zero attached hydrogens (tertiary/aromatic N) is 4. The van der Waals surface area contributed by atoms with E-state index < -0.39 is 0 Å². The number of carbonyl (C=O) groups is 1. The summed E-state index contributed by atoms with van der Waals surface area (Å²) in [6.07, 6.45) is 5.74. The Morgan fingerprint density at radius 2 is 1.90 bits per heavy atom. The quantitative estimate of drug-likeness (QED) is 0.821. The van der Waals surface area contributed by atoms with Crippen molar-refractivity contribution in [1.82, 2.24) is 19.7 Å². The summed E-state index contributed by atoms with van der Waals surface area (Å²) in [7, 11) is 3.87. The van der Waals surface area contributed by atoms with Gasteiger partial charge < -0.3 is 14.9 Å². The van der Waals surface area contributed by atoms with Gasteiger partial charge in [0.2, 0.25) is 5.91 Å². The van der Waals surface area contributed by atoms with Gasteiger partial charge in [-0.15, -0.1) is 0 Å². The van der Waals surface area contributed by atoms with E-state index in [1.807, 2.05) is 36.2 Å². The molecule has 6 nitrogen and oxygen atoms in total. The molecule has 3 heterocycles. The lowest BCUT2D eigenvalue weighted by molar-refractivity contribution is -0.137. The van der Waals surface area contributed by atoms with Crippen LogP contribution in [-0.2, 0) is 4.79 Å². The molecule has 0 spiro atoms. The van der Waals surface area contributed by atoms with E-state index in [9.17, 15) is 9.90 Å². The molecule has 1 amide bonds. The molecule has 1 aromatic carbocycles. The highest BCUT2D eigenvalue weighted by molar-refractivity contribution is 5.78. The number of aliphatic hydroxyl groups excluding tert-OH is 1. The predicted octanol–water partition coefficient (Wildman–Crippen LogP) is 2.06. The highest BCUT2D eigenvalue weighted by atomic mass is 16.3. The third-order valence-corrected chi connectivity index (χ3v) is 6.46. The van der Waals surface area contributed by atoms with Gasteiger partial charge in [-0.3, -0.25) is 14.7 Å². The number of hydrogen-bond acceptors (Lipinski definition) is 5. The van der Waals surface area contributed by atoms with E-state index in [1.165, 1.54) is 5.56 Å². The minimum absolute atomic E-state index is 0.128. The monoisotopic (exact) mass is 408 g/mol. The van der Waals surface area contributed by atoms with Gasteiger partial charge in [0.05, 0.1) is 13.2 Å². The third-order valence-electron chi connectivity index (χ3n) is 6.46. The Hall–Kier alpha value is -2.28. The van der Waals surface area contributed by atoms with E-state index in [2.05, 4.69) is 40.2 Å². The number of benzene rings is 1. The van der Waals surface area contributed by atoms with Crippen LogP contribution in [0.1, 0.15) is 24.3 Å². The van der Waals surface area contributed by atoms with E-state index in [1.54, 1.807) is 6.20 Å². The number of likely N-dealkylation sites (N-methyl/N-ethyl adjacent to an activating group) is 1. The molecule has 2 saturated heterocycles. The molecular weight excluding hydrogens is 376 g/mol. The van der Waals surface area contributed by atoms with E-state index in [4.69, 9.17) is 0 Å². The summed E-state index contributed by atoms with van der Waals surface area (Å²) in [6, 6.07) is 13.0. The Labute approximate surface area is 179 Å². The molecule has 1 N–H and O–H groups in total. The molecule has 0 unspecified atom stereocenters. The summed E-state index contributed by atoms with van der Waals surface area (Å²) in [6.45, 7) is 3.15. The van der Waals surface area contributed by atoms with Crippen molar-refractivity contribution in [3.63, 3.8) is 0 Å². The largest absolute Gasteiger partial charge is 0.395 e. The van der Waals surface area contributed by atoms with Crippen LogP contribution in [0.15, 0.2) is 48.8 Å². The number of rotatable bonds is 5. The number of pyridine rings is 1. The first-order valence-electron chi connectivity index (χ1n) is 10.9. The van der Waals surface area contributed by atoms with Crippen molar-refractivity contribution in [2.45, 2.75) is 30.8 Å². The van der Waals surface area contributed by atoms with Gasteiger partial charge in [0.25, 0.3) is 0 Å². The van der Waals surface area contributed by atoms with Crippen LogP contribution < -0.4 is 0 Å². The van der Waals surface area contributed by atoms with Crippen LogP contribution in [0.4, 0.5) is 0 Å². The lowest BCUT2D eigenvalue weighted by atomic mass is 9.74. The van der Waals surface area contributed by atoms with Gasteiger partial charge in [0.1, 0.15) is 0 Å². The first kappa shape index (κ1) is 21.0. The molecule has 2 fully saturated rings. The van der Waals surface area contributed by atoms with Crippen LogP contribution in [0.25, 0.3) is 11.1 Å². The molecule has 0 bridgehead atoms. The van der Waals surface area contributed by atoms with E-state index in [0.29, 0.717) is 6.54 Å². The van der Waals surface area contributed by atoms with Crippen molar-refractivity contribution in [2.24, 2.45) is 0 Å². The van der Waals surface area contributed by atoms with E-state index in [0.717, 1.165) is 43.6 Å². The van der Waals surface area contributed by atoms with Crippen LogP contribution in [0.5, 0.6) is 0 Å².